The standard InChI is InChI=1S/C24H22Cl2N4O4/c1-3-5-17-10-16(13-28-29-23-9-8-20(14-27-23)30(31)32)11-22(33-4-2)24(17)34-15-18-6-7-19(25)12-21(18)26/h3,6-14H,1,4-5,15H2,2H3,(H,27,29)/b28-13+. The lowest BCUT2D eigenvalue weighted by Gasteiger charge is -2.17. The minimum absolute atomic E-state index is 0.0968. The molecule has 0 saturated heterocycles. The number of benzene rings is 2. The largest absolute Gasteiger partial charge is 0.490 e. The van der Waals surface area contributed by atoms with E-state index in [1.165, 1.54) is 12.1 Å². The zero-order valence-corrected chi connectivity index (χ0v) is 19.8. The normalized spacial score (nSPS) is 10.8. The molecule has 8 nitrogen and oxygen atoms in total. The molecule has 3 aromatic rings. The summed E-state index contributed by atoms with van der Waals surface area (Å²) in [5.74, 6) is 1.52. The van der Waals surface area contributed by atoms with E-state index in [9.17, 15) is 10.1 Å². The molecule has 1 N–H and O–H groups in total. The number of nitrogens with one attached hydrogen (secondary N) is 1. The molecule has 0 fully saturated rings. The number of hydrazone groups is 1. The zero-order chi connectivity index (χ0) is 24.5. The van der Waals surface area contributed by atoms with Crippen molar-refractivity contribution in [1.82, 2.24) is 4.98 Å². The molecule has 0 spiro atoms. The minimum Gasteiger partial charge on any atom is -0.490 e. The first-order valence-electron chi connectivity index (χ1n) is 10.3. The Morgan fingerprint density at radius 1 is 1.18 bits per heavy atom. The Hall–Kier alpha value is -3.62. The monoisotopic (exact) mass is 500 g/mol. The Balaban J connectivity index is 1.82. The maximum Gasteiger partial charge on any atom is 0.287 e. The fraction of sp³-hybridized carbons (Fsp3) is 0.167. The minimum atomic E-state index is -0.513. The lowest BCUT2D eigenvalue weighted by molar-refractivity contribution is -0.385. The molecule has 3 rings (SSSR count). The van der Waals surface area contributed by atoms with Gasteiger partial charge in [0.2, 0.25) is 0 Å². The van der Waals surface area contributed by atoms with Crippen molar-refractivity contribution in [2.45, 2.75) is 20.0 Å². The van der Waals surface area contributed by atoms with Crippen LogP contribution in [0.3, 0.4) is 0 Å². The Morgan fingerprint density at radius 2 is 2.00 bits per heavy atom. The summed E-state index contributed by atoms with van der Waals surface area (Å²) in [4.78, 5) is 14.2. The highest BCUT2D eigenvalue weighted by Gasteiger charge is 2.14. The maximum atomic E-state index is 10.7. The number of hydrogen-bond donors (Lipinski definition) is 1. The number of anilines is 1. The molecule has 0 atom stereocenters. The van der Waals surface area contributed by atoms with Gasteiger partial charge in [-0.05, 0) is 49.2 Å². The van der Waals surface area contributed by atoms with Gasteiger partial charge in [-0.25, -0.2) is 4.98 Å². The van der Waals surface area contributed by atoms with Crippen molar-refractivity contribution in [3.63, 3.8) is 0 Å². The van der Waals surface area contributed by atoms with Crippen molar-refractivity contribution in [3.05, 3.63) is 98.2 Å². The van der Waals surface area contributed by atoms with Crippen LogP contribution >= 0.6 is 23.2 Å². The third kappa shape index (κ3) is 6.69. The van der Waals surface area contributed by atoms with Gasteiger partial charge in [-0.1, -0.05) is 35.3 Å². The summed E-state index contributed by atoms with van der Waals surface area (Å²) < 4.78 is 11.9. The average Bonchev–Trinajstić information content (AvgIpc) is 2.80. The van der Waals surface area contributed by atoms with Crippen molar-refractivity contribution in [3.8, 4) is 11.5 Å². The summed E-state index contributed by atoms with van der Waals surface area (Å²) in [7, 11) is 0. The predicted octanol–water partition coefficient (Wildman–Crippen LogP) is 6.45. The van der Waals surface area contributed by atoms with Gasteiger partial charge in [0.25, 0.3) is 5.69 Å². The molecule has 10 heteroatoms. The fourth-order valence-corrected chi connectivity index (χ4v) is 3.48. The summed E-state index contributed by atoms with van der Waals surface area (Å²) in [6.07, 6.45) is 5.07. The van der Waals surface area contributed by atoms with Crippen LogP contribution in [0.5, 0.6) is 11.5 Å². The average molecular weight is 501 g/mol. The maximum absolute atomic E-state index is 10.7. The van der Waals surface area contributed by atoms with Crippen LogP contribution in [0.2, 0.25) is 10.0 Å². The van der Waals surface area contributed by atoms with Crippen molar-refractivity contribution in [2.24, 2.45) is 5.10 Å². The first-order valence-corrected chi connectivity index (χ1v) is 11.0. The first-order chi connectivity index (χ1) is 16.4. The second-order valence-electron chi connectivity index (χ2n) is 6.99. The molecule has 0 bridgehead atoms. The van der Waals surface area contributed by atoms with Crippen LogP contribution < -0.4 is 14.9 Å². The topological polar surface area (TPSA) is 98.9 Å². The summed E-state index contributed by atoms with van der Waals surface area (Å²) in [6, 6.07) is 11.8. The van der Waals surface area contributed by atoms with Gasteiger partial charge < -0.3 is 9.47 Å². The van der Waals surface area contributed by atoms with E-state index in [4.69, 9.17) is 32.7 Å². The molecular weight excluding hydrogens is 479 g/mol. The van der Waals surface area contributed by atoms with Gasteiger partial charge in [0, 0.05) is 27.2 Å². The number of nitrogens with zero attached hydrogens (tertiary/aromatic N) is 3. The third-order valence-electron chi connectivity index (χ3n) is 4.56. The highest BCUT2D eigenvalue weighted by atomic mass is 35.5. The molecule has 0 amide bonds. The molecule has 0 unspecified atom stereocenters. The lowest BCUT2D eigenvalue weighted by atomic mass is 10.1. The Labute approximate surface area is 207 Å². The number of nitro groups is 1. The molecule has 1 heterocycles. The van der Waals surface area contributed by atoms with E-state index in [2.05, 4.69) is 22.1 Å². The molecule has 0 aliphatic carbocycles. The van der Waals surface area contributed by atoms with Crippen molar-refractivity contribution < 1.29 is 14.4 Å². The molecule has 176 valence electrons. The Morgan fingerprint density at radius 3 is 2.65 bits per heavy atom. The van der Waals surface area contributed by atoms with E-state index >= 15 is 0 Å². The van der Waals surface area contributed by atoms with Crippen molar-refractivity contribution in [1.29, 1.82) is 0 Å². The lowest BCUT2D eigenvalue weighted by Crippen LogP contribution is -2.04. The summed E-state index contributed by atoms with van der Waals surface area (Å²) in [6.45, 7) is 6.39. The van der Waals surface area contributed by atoms with E-state index in [1.807, 2.05) is 25.1 Å². The number of ether oxygens (including phenoxy) is 2. The van der Waals surface area contributed by atoms with Gasteiger partial charge >= 0.3 is 0 Å². The van der Waals surface area contributed by atoms with E-state index in [1.54, 1.807) is 24.4 Å². The number of pyridine rings is 1. The smallest absolute Gasteiger partial charge is 0.287 e. The van der Waals surface area contributed by atoms with E-state index in [0.29, 0.717) is 40.4 Å². The van der Waals surface area contributed by atoms with Gasteiger partial charge in [0.15, 0.2) is 11.5 Å². The first kappa shape index (κ1) is 25.0. The number of allylic oxidation sites excluding steroid dienone is 1. The fourth-order valence-electron chi connectivity index (χ4n) is 3.01. The van der Waals surface area contributed by atoms with Crippen LogP contribution in [0.15, 0.2) is 66.4 Å². The summed E-state index contributed by atoms with van der Waals surface area (Å²) in [5, 5.41) is 16.0. The van der Waals surface area contributed by atoms with Crippen LogP contribution in [0.1, 0.15) is 23.6 Å². The molecule has 0 aliphatic rings. The molecule has 2 aromatic carbocycles. The summed E-state index contributed by atoms with van der Waals surface area (Å²) in [5.41, 5.74) is 5.07. The Kier molecular flexibility index (Phi) is 8.84. The van der Waals surface area contributed by atoms with E-state index in [-0.39, 0.29) is 12.3 Å². The van der Waals surface area contributed by atoms with Gasteiger partial charge in [-0.15, -0.1) is 6.58 Å². The second-order valence-corrected chi connectivity index (χ2v) is 7.83. The highest BCUT2D eigenvalue weighted by molar-refractivity contribution is 6.35. The molecule has 0 radical (unpaired) electrons. The van der Waals surface area contributed by atoms with Gasteiger partial charge in [-0.3, -0.25) is 15.5 Å². The molecule has 1 aromatic heterocycles. The van der Waals surface area contributed by atoms with Crippen molar-refractivity contribution in [2.75, 3.05) is 12.0 Å². The molecule has 0 saturated carbocycles. The number of halogens is 2. The van der Waals surface area contributed by atoms with Crippen molar-refractivity contribution >= 4 is 40.9 Å². The van der Waals surface area contributed by atoms with Crippen LogP contribution in [-0.4, -0.2) is 22.7 Å². The second kappa shape index (κ2) is 12.0. The van der Waals surface area contributed by atoms with Gasteiger partial charge in [0.05, 0.1) is 17.7 Å². The van der Waals surface area contributed by atoms with Crippen LogP contribution in [0.25, 0.3) is 0 Å². The third-order valence-corrected chi connectivity index (χ3v) is 5.14. The van der Waals surface area contributed by atoms with Gasteiger partial charge in [0.1, 0.15) is 18.6 Å². The van der Waals surface area contributed by atoms with E-state index in [0.717, 1.165) is 22.9 Å². The number of rotatable bonds is 11. The zero-order valence-electron chi connectivity index (χ0n) is 18.3. The number of aromatic nitrogens is 1. The van der Waals surface area contributed by atoms with Crippen LogP contribution in [0, 0.1) is 10.1 Å². The Bertz CT molecular complexity index is 1200. The number of hydrogen-bond acceptors (Lipinski definition) is 7. The van der Waals surface area contributed by atoms with Crippen LogP contribution in [0.4, 0.5) is 11.5 Å². The quantitative estimate of drug-likeness (QED) is 0.140. The molecule has 0 aliphatic heterocycles. The van der Waals surface area contributed by atoms with E-state index < -0.39 is 4.92 Å². The van der Waals surface area contributed by atoms with Gasteiger partial charge in [-0.2, -0.15) is 5.10 Å². The summed E-state index contributed by atoms with van der Waals surface area (Å²) >= 11 is 12.3. The molecular formula is C24H22Cl2N4O4. The highest BCUT2D eigenvalue weighted by Crippen LogP contribution is 2.35. The van der Waals surface area contributed by atoms with Crippen LogP contribution in [-0.2, 0) is 13.0 Å². The predicted molar refractivity (Wildman–Crippen MR) is 134 cm³/mol. The molecule has 34 heavy (non-hydrogen) atoms. The SMILES string of the molecule is C=CCc1cc(/C=N/Nc2ccc([N+](=O)[O-])cn2)cc(OCC)c1OCc1ccc(Cl)cc1Cl.